The monoisotopic (exact) mass is 241 g/mol. The zero-order chi connectivity index (χ0) is 12.9. The first-order chi connectivity index (χ1) is 8.58. The van der Waals surface area contributed by atoms with Crippen molar-refractivity contribution in [1.82, 2.24) is 14.5 Å². The van der Waals surface area contributed by atoms with Gasteiger partial charge in [0.1, 0.15) is 0 Å². The smallest absolute Gasteiger partial charge is 0.256 e. The highest BCUT2D eigenvalue weighted by Crippen LogP contribution is 2.25. The quantitative estimate of drug-likeness (QED) is 0.708. The van der Waals surface area contributed by atoms with E-state index in [1.807, 2.05) is 43.7 Å². The van der Waals surface area contributed by atoms with E-state index in [2.05, 4.69) is 4.98 Å². The number of benzene rings is 1. The first kappa shape index (κ1) is 11.0. The van der Waals surface area contributed by atoms with Gasteiger partial charge in [-0.25, -0.2) is 4.98 Å². The van der Waals surface area contributed by atoms with Crippen LogP contribution in [-0.4, -0.2) is 27.4 Å². The SMILES string of the molecule is Cc1ccc2c(c1)C(=O)N(C)Cc1c(C)ncn1-2. The minimum atomic E-state index is 0.0665. The number of rotatable bonds is 0. The molecule has 0 atom stereocenters. The predicted octanol–water partition coefficient (Wildman–Crippen LogP) is 2.07. The lowest BCUT2D eigenvalue weighted by atomic mass is 10.1. The second-order valence-corrected chi connectivity index (χ2v) is 4.83. The molecule has 0 saturated heterocycles. The van der Waals surface area contributed by atoms with E-state index >= 15 is 0 Å². The third kappa shape index (κ3) is 1.45. The molecule has 1 aromatic heterocycles. The molecule has 0 fully saturated rings. The average Bonchev–Trinajstić information content (AvgIpc) is 2.65. The van der Waals surface area contributed by atoms with E-state index in [0.29, 0.717) is 6.54 Å². The number of carbonyl (C=O) groups excluding carboxylic acids is 1. The van der Waals surface area contributed by atoms with Crippen molar-refractivity contribution >= 4 is 5.91 Å². The van der Waals surface area contributed by atoms with Crippen LogP contribution in [0.15, 0.2) is 24.5 Å². The summed E-state index contributed by atoms with van der Waals surface area (Å²) < 4.78 is 2.02. The van der Waals surface area contributed by atoms with Gasteiger partial charge in [-0.05, 0) is 26.0 Å². The molecule has 0 aliphatic carbocycles. The predicted molar refractivity (Wildman–Crippen MR) is 68.8 cm³/mol. The zero-order valence-electron chi connectivity index (χ0n) is 10.8. The molecule has 0 N–H and O–H groups in total. The number of nitrogens with zero attached hydrogens (tertiary/aromatic N) is 3. The van der Waals surface area contributed by atoms with Crippen LogP contribution < -0.4 is 0 Å². The van der Waals surface area contributed by atoms with E-state index in [1.165, 1.54) is 0 Å². The molecule has 92 valence electrons. The van der Waals surface area contributed by atoms with Gasteiger partial charge in [0.15, 0.2) is 0 Å². The standard InChI is InChI=1S/C14H15N3O/c1-9-4-5-12-11(6-9)14(18)16(3)7-13-10(2)15-8-17(12)13/h4-6,8H,7H2,1-3H3. The zero-order valence-corrected chi connectivity index (χ0v) is 10.8. The van der Waals surface area contributed by atoms with Gasteiger partial charge < -0.3 is 9.47 Å². The number of aryl methyl sites for hydroxylation is 2. The van der Waals surface area contributed by atoms with Crippen molar-refractivity contribution in [2.75, 3.05) is 7.05 Å². The van der Waals surface area contributed by atoms with Crippen molar-refractivity contribution < 1.29 is 4.79 Å². The Bertz CT molecular complexity index is 642. The minimum absolute atomic E-state index is 0.0665. The van der Waals surface area contributed by atoms with Crippen molar-refractivity contribution in [3.05, 3.63) is 47.0 Å². The van der Waals surface area contributed by atoms with E-state index in [1.54, 1.807) is 11.2 Å². The van der Waals surface area contributed by atoms with Crippen LogP contribution in [0.25, 0.3) is 5.69 Å². The number of imidazole rings is 1. The Hall–Kier alpha value is -2.10. The molecule has 0 spiro atoms. The van der Waals surface area contributed by atoms with E-state index < -0.39 is 0 Å². The normalized spacial score (nSPS) is 14.2. The Morgan fingerprint density at radius 3 is 2.83 bits per heavy atom. The fourth-order valence-electron chi connectivity index (χ4n) is 2.39. The van der Waals surface area contributed by atoms with Gasteiger partial charge in [-0.3, -0.25) is 4.79 Å². The Morgan fingerprint density at radius 1 is 1.28 bits per heavy atom. The first-order valence-corrected chi connectivity index (χ1v) is 5.97. The Kier molecular flexibility index (Phi) is 2.26. The Balaban J connectivity index is 2.33. The van der Waals surface area contributed by atoms with E-state index in [-0.39, 0.29) is 5.91 Å². The highest BCUT2D eigenvalue weighted by Gasteiger charge is 2.24. The van der Waals surface area contributed by atoms with Gasteiger partial charge in [-0.2, -0.15) is 0 Å². The summed E-state index contributed by atoms with van der Waals surface area (Å²) in [5.74, 6) is 0.0665. The molecule has 0 radical (unpaired) electrons. The molecule has 3 rings (SSSR count). The van der Waals surface area contributed by atoms with Crippen LogP contribution in [0.1, 0.15) is 27.3 Å². The lowest BCUT2D eigenvalue weighted by Crippen LogP contribution is -2.25. The van der Waals surface area contributed by atoms with Crippen LogP contribution in [0.3, 0.4) is 0 Å². The number of carbonyl (C=O) groups is 1. The maximum atomic E-state index is 12.4. The molecule has 0 unspecified atom stereocenters. The van der Waals surface area contributed by atoms with Crippen LogP contribution in [0.5, 0.6) is 0 Å². The van der Waals surface area contributed by atoms with E-state index in [4.69, 9.17) is 0 Å². The summed E-state index contributed by atoms with van der Waals surface area (Å²) in [5, 5.41) is 0. The molecule has 1 aliphatic rings. The van der Waals surface area contributed by atoms with Crippen LogP contribution in [0, 0.1) is 13.8 Å². The van der Waals surface area contributed by atoms with Gasteiger partial charge in [-0.1, -0.05) is 11.6 Å². The molecule has 0 saturated carbocycles. The first-order valence-electron chi connectivity index (χ1n) is 5.97. The van der Waals surface area contributed by atoms with Gasteiger partial charge in [-0.15, -0.1) is 0 Å². The molecule has 2 heterocycles. The maximum absolute atomic E-state index is 12.4. The molecular weight excluding hydrogens is 226 g/mol. The van der Waals surface area contributed by atoms with Gasteiger partial charge in [0, 0.05) is 7.05 Å². The fraction of sp³-hybridized carbons (Fsp3) is 0.286. The molecule has 1 aliphatic heterocycles. The van der Waals surface area contributed by atoms with E-state index in [9.17, 15) is 4.79 Å². The van der Waals surface area contributed by atoms with Crippen molar-refractivity contribution in [1.29, 1.82) is 0 Å². The number of amides is 1. The average molecular weight is 241 g/mol. The summed E-state index contributed by atoms with van der Waals surface area (Å²) >= 11 is 0. The van der Waals surface area contributed by atoms with Crippen LogP contribution in [0.2, 0.25) is 0 Å². The lowest BCUT2D eigenvalue weighted by molar-refractivity contribution is 0.0787. The fourth-order valence-corrected chi connectivity index (χ4v) is 2.39. The Labute approximate surface area is 106 Å². The van der Waals surface area contributed by atoms with Crippen molar-refractivity contribution in [3.8, 4) is 5.69 Å². The summed E-state index contributed by atoms with van der Waals surface area (Å²) in [4.78, 5) is 18.4. The number of fused-ring (bicyclic) bond motifs is 3. The minimum Gasteiger partial charge on any atom is -0.336 e. The Morgan fingerprint density at radius 2 is 2.06 bits per heavy atom. The van der Waals surface area contributed by atoms with Crippen molar-refractivity contribution in [2.45, 2.75) is 20.4 Å². The van der Waals surface area contributed by atoms with Crippen molar-refractivity contribution in [2.24, 2.45) is 0 Å². The largest absolute Gasteiger partial charge is 0.336 e. The molecule has 4 nitrogen and oxygen atoms in total. The molecular formula is C14H15N3O. The summed E-state index contributed by atoms with van der Waals surface area (Å²) in [5.41, 5.74) is 4.81. The summed E-state index contributed by atoms with van der Waals surface area (Å²) in [6.07, 6.45) is 1.80. The summed E-state index contributed by atoms with van der Waals surface area (Å²) in [7, 11) is 1.83. The topological polar surface area (TPSA) is 38.1 Å². The molecule has 2 aromatic rings. The molecule has 4 heteroatoms. The van der Waals surface area contributed by atoms with Crippen molar-refractivity contribution in [3.63, 3.8) is 0 Å². The van der Waals surface area contributed by atoms with Gasteiger partial charge in [0.05, 0.1) is 35.5 Å². The summed E-state index contributed by atoms with van der Waals surface area (Å²) in [6, 6.07) is 5.96. The van der Waals surface area contributed by atoms with Gasteiger partial charge in [0.25, 0.3) is 5.91 Å². The number of hydrogen-bond acceptors (Lipinski definition) is 2. The van der Waals surface area contributed by atoms with Crippen LogP contribution >= 0.6 is 0 Å². The highest BCUT2D eigenvalue weighted by molar-refractivity contribution is 5.98. The maximum Gasteiger partial charge on any atom is 0.256 e. The lowest BCUT2D eigenvalue weighted by Gasteiger charge is -2.14. The second kappa shape index (κ2) is 3.70. The van der Waals surface area contributed by atoms with Gasteiger partial charge >= 0.3 is 0 Å². The third-order valence-corrected chi connectivity index (χ3v) is 3.45. The van der Waals surface area contributed by atoms with E-state index in [0.717, 1.165) is 28.2 Å². The highest BCUT2D eigenvalue weighted by atomic mass is 16.2. The molecule has 18 heavy (non-hydrogen) atoms. The molecule has 0 bridgehead atoms. The van der Waals surface area contributed by atoms with Crippen LogP contribution in [-0.2, 0) is 6.54 Å². The summed E-state index contributed by atoms with van der Waals surface area (Å²) in [6.45, 7) is 4.57. The second-order valence-electron chi connectivity index (χ2n) is 4.83. The van der Waals surface area contributed by atoms with Gasteiger partial charge in [0.2, 0.25) is 0 Å². The molecule has 1 aromatic carbocycles. The van der Waals surface area contributed by atoms with Crippen LogP contribution in [0.4, 0.5) is 0 Å². The molecule has 1 amide bonds. The number of aromatic nitrogens is 2. The third-order valence-electron chi connectivity index (χ3n) is 3.45. The number of hydrogen-bond donors (Lipinski definition) is 0.